The van der Waals surface area contributed by atoms with Crippen molar-refractivity contribution in [1.29, 1.82) is 0 Å². The molecule has 23 heavy (non-hydrogen) atoms. The molecule has 1 atom stereocenters. The van der Waals surface area contributed by atoms with Crippen molar-refractivity contribution in [3.8, 4) is 5.75 Å². The Hall–Kier alpha value is -1.53. The average molecular weight is 419 g/mol. The molecule has 3 nitrogen and oxygen atoms in total. The Bertz CT molecular complexity index is 604. The van der Waals surface area contributed by atoms with Gasteiger partial charge in [0.2, 0.25) is 0 Å². The summed E-state index contributed by atoms with van der Waals surface area (Å²) in [4.78, 5) is 0. The first-order valence-electron chi connectivity index (χ1n) is 7.60. The Kier molecular flexibility index (Phi) is 7.42. The monoisotopic (exact) mass is 419 g/mol. The Balaban J connectivity index is 1.92. The minimum absolute atomic E-state index is 0.163. The fourth-order valence-electron chi connectivity index (χ4n) is 1.99. The van der Waals surface area contributed by atoms with Crippen LogP contribution in [0.4, 0.5) is 5.69 Å². The number of aliphatic hydroxyl groups excluding tert-OH is 1. The van der Waals surface area contributed by atoms with Crippen molar-refractivity contribution in [2.75, 3.05) is 30.0 Å². The topological polar surface area (TPSA) is 41.5 Å². The summed E-state index contributed by atoms with van der Waals surface area (Å²) in [6, 6.07) is 16.3. The Labute approximate surface area is 151 Å². The molecule has 0 aliphatic rings. The first-order chi connectivity index (χ1) is 11.2. The van der Waals surface area contributed by atoms with Crippen LogP contribution in [0.25, 0.3) is 12.2 Å². The fourth-order valence-corrected chi connectivity index (χ4v) is 2.52. The number of hydrogen-bond donors (Lipinski definition) is 2. The van der Waals surface area contributed by atoms with Crippen molar-refractivity contribution in [2.45, 2.75) is 0 Å². The van der Waals surface area contributed by atoms with Gasteiger partial charge in [-0.15, -0.1) is 0 Å². The molecule has 0 heterocycles. The van der Waals surface area contributed by atoms with Gasteiger partial charge in [-0.1, -0.05) is 59.0 Å². The summed E-state index contributed by atoms with van der Waals surface area (Å²) in [5.41, 5.74) is 3.40. The van der Waals surface area contributed by atoms with Gasteiger partial charge in [-0.05, 0) is 35.4 Å². The lowest BCUT2D eigenvalue weighted by Gasteiger charge is -2.12. The van der Waals surface area contributed by atoms with E-state index < -0.39 is 0 Å². The van der Waals surface area contributed by atoms with Crippen LogP contribution in [0, 0.1) is 5.92 Å². The van der Waals surface area contributed by atoms with E-state index in [0.29, 0.717) is 6.61 Å². The molecule has 0 saturated heterocycles. The van der Waals surface area contributed by atoms with Crippen molar-refractivity contribution in [2.24, 2.45) is 5.92 Å². The van der Waals surface area contributed by atoms with Crippen LogP contribution in [-0.2, 0) is 0 Å². The molecular weight excluding hydrogens is 397 g/mol. The highest BCUT2D eigenvalue weighted by Crippen LogP contribution is 2.16. The van der Waals surface area contributed by atoms with Crippen molar-refractivity contribution in [3.63, 3.8) is 0 Å². The van der Waals surface area contributed by atoms with Gasteiger partial charge < -0.3 is 15.2 Å². The summed E-state index contributed by atoms with van der Waals surface area (Å²) in [6.07, 6.45) is 4.17. The Morgan fingerprint density at radius 1 is 1.04 bits per heavy atom. The predicted octanol–water partition coefficient (Wildman–Crippen LogP) is 4.32. The quantitative estimate of drug-likeness (QED) is 0.381. The summed E-state index contributed by atoms with van der Waals surface area (Å²) < 4.78 is 6.59. The van der Waals surface area contributed by atoms with Gasteiger partial charge in [0.25, 0.3) is 0 Å². The molecule has 0 aromatic heterocycles. The van der Waals surface area contributed by atoms with Crippen LogP contribution in [-0.4, -0.2) is 29.8 Å². The lowest BCUT2D eigenvalue weighted by molar-refractivity contribution is 0.179. The molecule has 2 aromatic carbocycles. The van der Waals surface area contributed by atoms with Crippen molar-refractivity contribution in [3.05, 3.63) is 59.7 Å². The van der Waals surface area contributed by atoms with Crippen LogP contribution in [0.5, 0.6) is 5.75 Å². The summed E-state index contributed by atoms with van der Waals surface area (Å²) >= 11 is 2.27. The third-order valence-corrected chi connectivity index (χ3v) is 4.76. The van der Waals surface area contributed by atoms with Gasteiger partial charge in [0, 0.05) is 29.7 Å². The van der Waals surface area contributed by atoms with Crippen LogP contribution in [0.15, 0.2) is 48.5 Å². The minimum atomic E-state index is 0.163. The summed E-state index contributed by atoms with van der Waals surface area (Å²) in [5, 5.41) is 12.3. The van der Waals surface area contributed by atoms with Crippen LogP contribution in [0.1, 0.15) is 11.1 Å². The molecule has 4 heteroatoms. The van der Waals surface area contributed by atoms with Gasteiger partial charge in [0.15, 0.2) is 0 Å². The van der Waals surface area contributed by atoms with E-state index in [1.807, 2.05) is 31.3 Å². The standard InChI is InChI=1S/C19H22INO2/c1-21-18-8-4-15(5-9-18)2-3-16-6-10-19(11-7-16)23-14-17(12-20)13-22/h2-11,17,21-22H,12-14H2,1H3/b3-2+/i20-4. The summed E-state index contributed by atoms with van der Waals surface area (Å²) in [5.74, 6) is 1.03. The Morgan fingerprint density at radius 3 is 2.09 bits per heavy atom. The maximum atomic E-state index is 9.16. The van der Waals surface area contributed by atoms with E-state index in [1.165, 1.54) is 0 Å². The summed E-state index contributed by atoms with van der Waals surface area (Å²) in [7, 11) is 1.91. The zero-order valence-corrected chi connectivity index (χ0v) is 15.4. The van der Waals surface area contributed by atoms with Crippen LogP contribution in [0.2, 0.25) is 0 Å². The number of alkyl halides is 1. The maximum absolute atomic E-state index is 9.16. The van der Waals surface area contributed by atoms with Gasteiger partial charge in [-0.2, -0.15) is 0 Å². The van der Waals surface area contributed by atoms with Crippen LogP contribution in [0.3, 0.4) is 0 Å². The molecule has 0 aliphatic heterocycles. The number of halogens is 1. The third-order valence-electron chi connectivity index (χ3n) is 3.51. The van der Waals surface area contributed by atoms with Gasteiger partial charge in [0.05, 0.1) is 6.61 Å². The van der Waals surface area contributed by atoms with E-state index in [9.17, 15) is 0 Å². The number of aliphatic hydroxyl groups is 1. The first kappa shape index (κ1) is 17.8. The number of rotatable bonds is 8. The SMILES string of the molecule is CNc1ccc(/C=C/c2ccc(OCC(CO)C[123I])cc2)cc1. The molecule has 2 aromatic rings. The summed E-state index contributed by atoms with van der Waals surface area (Å²) in [6.45, 7) is 0.711. The molecule has 0 bridgehead atoms. The average Bonchev–Trinajstić information content (AvgIpc) is 2.62. The van der Waals surface area contributed by atoms with Crippen molar-refractivity contribution >= 4 is 40.4 Å². The number of ether oxygens (including phenoxy) is 1. The van der Waals surface area contributed by atoms with Crippen LogP contribution < -0.4 is 10.1 Å². The number of hydrogen-bond acceptors (Lipinski definition) is 3. The molecule has 0 saturated carbocycles. The molecule has 0 fully saturated rings. The normalized spacial score (nSPS) is 12.3. The van der Waals surface area contributed by atoms with E-state index in [2.05, 4.69) is 64.3 Å². The van der Waals surface area contributed by atoms with Crippen LogP contribution >= 0.6 is 22.6 Å². The highest BCUT2D eigenvalue weighted by molar-refractivity contribution is 14.1. The third kappa shape index (κ3) is 5.88. The van der Waals surface area contributed by atoms with Gasteiger partial charge >= 0.3 is 0 Å². The second kappa shape index (κ2) is 9.57. The zero-order chi connectivity index (χ0) is 16.5. The van der Waals surface area contributed by atoms with Gasteiger partial charge in [0.1, 0.15) is 5.75 Å². The fraction of sp³-hybridized carbons (Fsp3) is 0.263. The predicted molar refractivity (Wildman–Crippen MR) is 106 cm³/mol. The largest absolute Gasteiger partial charge is 0.493 e. The van der Waals surface area contributed by atoms with E-state index in [4.69, 9.17) is 9.84 Å². The number of nitrogens with one attached hydrogen (secondary N) is 1. The Morgan fingerprint density at radius 2 is 1.61 bits per heavy atom. The maximum Gasteiger partial charge on any atom is 0.119 e. The zero-order valence-electron chi connectivity index (χ0n) is 13.2. The second-order valence-electron chi connectivity index (χ2n) is 5.29. The highest BCUT2D eigenvalue weighted by Gasteiger charge is 2.06. The smallest absolute Gasteiger partial charge is 0.119 e. The molecule has 0 aliphatic carbocycles. The lowest BCUT2D eigenvalue weighted by atomic mass is 10.1. The molecule has 1 unspecified atom stereocenters. The first-order valence-corrected chi connectivity index (χ1v) is 9.13. The van der Waals surface area contributed by atoms with Crippen molar-refractivity contribution in [1.82, 2.24) is 0 Å². The van der Waals surface area contributed by atoms with E-state index in [0.717, 1.165) is 27.0 Å². The van der Waals surface area contributed by atoms with Gasteiger partial charge in [-0.3, -0.25) is 0 Å². The molecule has 122 valence electrons. The van der Waals surface area contributed by atoms with Crippen molar-refractivity contribution < 1.29 is 9.84 Å². The number of benzene rings is 2. The minimum Gasteiger partial charge on any atom is -0.493 e. The molecular formula is C19H22INO2. The molecule has 2 N–H and O–H groups in total. The van der Waals surface area contributed by atoms with E-state index >= 15 is 0 Å². The molecule has 0 spiro atoms. The number of anilines is 1. The van der Waals surface area contributed by atoms with E-state index in [1.54, 1.807) is 0 Å². The second-order valence-corrected chi connectivity index (χ2v) is 6.17. The van der Waals surface area contributed by atoms with E-state index in [-0.39, 0.29) is 12.5 Å². The molecule has 2 rings (SSSR count). The lowest BCUT2D eigenvalue weighted by Crippen LogP contribution is -2.17. The molecule has 0 amide bonds. The molecule has 0 radical (unpaired) electrons. The highest BCUT2D eigenvalue weighted by atomic mass is 123. The van der Waals surface area contributed by atoms with Gasteiger partial charge in [-0.25, -0.2) is 0 Å².